The molecule has 0 fully saturated rings. The molecule has 0 atom stereocenters. The molecule has 0 spiro atoms. The maximum atomic E-state index is 12.0. The van der Waals surface area contributed by atoms with Gasteiger partial charge in [0.05, 0.1) is 20.3 Å². The first kappa shape index (κ1) is 17.3. The number of hydrogen-bond acceptors (Lipinski definition) is 6. The summed E-state index contributed by atoms with van der Waals surface area (Å²) < 4.78 is 48.6. The van der Waals surface area contributed by atoms with Crippen molar-refractivity contribution in [2.75, 3.05) is 19.5 Å². The second-order valence-corrected chi connectivity index (χ2v) is 3.77. The molecule has 0 bridgehead atoms. The molecule has 0 aliphatic rings. The third-order valence-electron chi connectivity index (χ3n) is 2.24. The number of methoxy groups -OCH3 is 2. The van der Waals surface area contributed by atoms with Crippen molar-refractivity contribution in [1.82, 2.24) is 0 Å². The molecule has 0 saturated heterocycles. The fourth-order valence-corrected chi connectivity index (χ4v) is 1.33. The highest BCUT2D eigenvalue weighted by Gasteiger charge is 2.30. The van der Waals surface area contributed by atoms with Gasteiger partial charge in [-0.25, -0.2) is 9.59 Å². The number of rotatable bonds is 5. The van der Waals surface area contributed by atoms with E-state index in [2.05, 4.69) is 19.5 Å². The average molecular weight is 319 g/mol. The number of carbonyl (C=O) groups excluding carboxylic acids is 2. The van der Waals surface area contributed by atoms with Crippen molar-refractivity contribution >= 4 is 17.6 Å². The number of halogens is 3. The zero-order valence-corrected chi connectivity index (χ0v) is 11.6. The number of nitrogens with one attached hydrogen (secondary N) is 1. The Balaban J connectivity index is 2.88. The Morgan fingerprint density at radius 1 is 1.09 bits per heavy atom. The van der Waals surface area contributed by atoms with Crippen LogP contribution in [0.1, 0.15) is 0 Å². The zero-order valence-electron chi connectivity index (χ0n) is 11.6. The predicted octanol–water partition coefficient (Wildman–Crippen LogP) is 2.23. The molecular formula is C13H12F3NO5. The molecule has 1 aromatic rings. The van der Waals surface area contributed by atoms with Gasteiger partial charge in [0.2, 0.25) is 0 Å². The Kier molecular flexibility index (Phi) is 5.79. The molecule has 120 valence electrons. The topological polar surface area (TPSA) is 73.9 Å². The van der Waals surface area contributed by atoms with E-state index in [1.54, 1.807) is 0 Å². The van der Waals surface area contributed by atoms with Crippen LogP contribution in [0.5, 0.6) is 5.75 Å². The molecule has 0 radical (unpaired) electrons. The summed E-state index contributed by atoms with van der Waals surface area (Å²) in [5.74, 6) is -2.07. The number of hydrogen-bond donors (Lipinski definition) is 1. The Morgan fingerprint density at radius 3 is 2.14 bits per heavy atom. The molecule has 6 nitrogen and oxygen atoms in total. The fraction of sp³-hybridized carbons (Fsp3) is 0.231. The number of alkyl halides is 3. The Bertz CT molecular complexity index is 566. The minimum absolute atomic E-state index is 0.237. The van der Waals surface area contributed by atoms with Gasteiger partial charge in [-0.3, -0.25) is 0 Å². The summed E-state index contributed by atoms with van der Waals surface area (Å²) in [4.78, 5) is 22.6. The van der Waals surface area contributed by atoms with Gasteiger partial charge >= 0.3 is 18.3 Å². The van der Waals surface area contributed by atoms with Gasteiger partial charge in [0.15, 0.2) is 0 Å². The van der Waals surface area contributed by atoms with Crippen LogP contribution in [0.3, 0.4) is 0 Å². The van der Waals surface area contributed by atoms with E-state index in [1.165, 1.54) is 12.1 Å². The Labute approximate surface area is 123 Å². The molecule has 0 amide bonds. The van der Waals surface area contributed by atoms with E-state index in [1.807, 2.05) is 0 Å². The molecule has 0 heterocycles. The largest absolute Gasteiger partial charge is 0.573 e. The molecule has 0 unspecified atom stereocenters. The maximum Gasteiger partial charge on any atom is 0.573 e. The van der Waals surface area contributed by atoms with Gasteiger partial charge in [-0.1, -0.05) is 0 Å². The lowest BCUT2D eigenvalue weighted by atomic mass is 10.3. The van der Waals surface area contributed by atoms with Crippen molar-refractivity contribution in [3.05, 3.63) is 36.0 Å². The molecular weight excluding hydrogens is 307 g/mol. The van der Waals surface area contributed by atoms with Crippen molar-refractivity contribution in [2.45, 2.75) is 6.36 Å². The first-order valence-electron chi connectivity index (χ1n) is 5.76. The van der Waals surface area contributed by atoms with Gasteiger partial charge < -0.3 is 19.5 Å². The number of carbonyl (C=O) groups is 2. The number of esters is 2. The third-order valence-corrected chi connectivity index (χ3v) is 2.24. The summed E-state index contributed by atoms with van der Waals surface area (Å²) in [6, 6.07) is 4.55. The lowest BCUT2D eigenvalue weighted by Crippen LogP contribution is -2.17. The standard InChI is InChI=1S/C13H12F3NO5/c1-20-11(18)7-10(12(19)21-2)17-8-3-5-9(6-4-8)22-13(14,15)16/h3-7,17H,1-2H3/b10-7+. The Hall–Kier alpha value is -2.71. The summed E-state index contributed by atoms with van der Waals surface area (Å²) in [5.41, 5.74) is 0.00826. The summed E-state index contributed by atoms with van der Waals surface area (Å²) in [6.07, 6.45) is -3.94. The third kappa shape index (κ3) is 5.73. The monoisotopic (exact) mass is 319 g/mol. The van der Waals surface area contributed by atoms with Crippen molar-refractivity contribution in [1.29, 1.82) is 0 Å². The van der Waals surface area contributed by atoms with Crippen LogP contribution in [0.25, 0.3) is 0 Å². The van der Waals surface area contributed by atoms with Crippen LogP contribution in [-0.2, 0) is 19.1 Å². The van der Waals surface area contributed by atoms with Crippen LogP contribution in [0.15, 0.2) is 36.0 Å². The van der Waals surface area contributed by atoms with Gasteiger partial charge in [-0.15, -0.1) is 13.2 Å². The van der Waals surface area contributed by atoms with Gasteiger partial charge in [-0.05, 0) is 24.3 Å². The number of ether oxygens (including phenoxy) is 3. The van der Waals surface area contributed by atoms with Crippen LogP contribution in [-0.4, -0.2) is 32.5 Å². The molecule has 0 aromatic heterocycles. The SMILES string of the molecule is COC(=O)/C=C(/Nc1ccc(OC(F)(F)F)cc1)C(=O)OC. The minimum Gasteiger partial charge on any atom is -0.466 e. The molecule has 22 heavy (non-hydrogen) atoms. The summed E-state index contributed by atoms with van der Waals surface area (Å²) >= 11 is 0. The lowest BCUT2D eigenvalue weighted by molar-refractivity contribution is -0.274. The van der Waals surface area contributed by atoms with Gasteiger partial charge in [0.1, 0.15) is 11.4 Å². The Morgan fingerprint density at radius 2 is 1.68 bits per heavy atom. The molecule has 1 N–H and O–H groups in total. The number of benzene rings is 1. The van der Waals surface area contributed by atoms with Crippen molar-refractivity contribution in [3.63, 3.8) is 0 Å². The summed E-state index contributed by atoms with van der Waals surface area (Å²) in [7, 11) is 2.23. The number of anilines is 1. The van der Waals surface area contributed by atoms with Crippen LogP contribution < -0.4 is 10.1 Å². The highest BCUT2D eigenvalue weighted by Crippen LogP contribution is 2.24. The second-order valence-electron chi connectivity index (χ2n) is 3.77. The predicted molar refractivity (Wildman–Crippen MR) is 68.9 cm³/mol. The van der Waals surface area contributed by atoms with E-state index in [4.69, 9.17) is 0 Å². The molecule has 0 aliphatic heterocycles. The van der Waals surface area contributed by atoms with E-state index >= 15 is 0 Å². The van der Waals surface area contributed by atoms with Gasteiger partial charge in [0, 0.05) is 5.69 Å². The molecule has 1 rings (SSSR count). The molecule has 0 aliphatic carbocycles. The van der Waals surface area contributed by atoms with Crippen molar-refractivity contribution < 1.29 is 37.0 Å². The van der Waals surface area contributed by atoms with E-state index in [9.17, 15) is 22.8 Å². The van der Waals surface area contributed by atoms with Crippen LogP contribution in [0.2, 0.25) is 0 Å². The van der Waals surface area contributed by atoms with E-state index in [0.717, 1.165) is 32.4 Å². The highest BCUT2D eigenvalue weighted by molar-refractivity contribution is 5.98. The van der Waals surface area contributed by atoms with Crippen LogP contribution in [0.4, 0.5) is 18.9 Å². The van der Waals surface area contributed by atoms with Crippen molar-refractivity contribution in [2.24, 2.45) is 0 Å². The highest BCUT2D eigenvalue weighted by atomic mass is 19.4. The molecule has 1 aromatic carbocycles. The average Bonchev–Trinajstić information content (AvgIpc) is 2.46. The summed E-state index contributed by atoms with van der Waals surface area (Å²) in [6.45, 7) is 0. The van der Waals surface area contributed by atoms with Crippen LogP contribution >= 0.6 is 0 Å². The fourth-order valence-electron chi connectivity index (χ4n) is 1.33. The lowest BCUT2D eigenvalue weighted by Gasteiger charge is -2.11. The van der Waals surface area contributed by atoms with Crippen molar-refractivity contribution in [3.8, 4) is 5.75 Å². The zero-order chi connectivity index (χ0) is 16.8. The van der Waals surface area contributed by atoms with Gasteiger partial charge in [0.25, 0.3) is 0 Å². The molecule has 0 saturated carbocycles. The maximum absolute atomic E-state index is 12.0. The quantitative estimate of drug-likeness (QED) is 0.663. The smallest absolute Gasteiger partial charge is 0.466 e. The molecule has 9 heteroatoms. The van der Waals surface area contributed by atoms with E-state index in [0.29, 0.717) is 0 Å². The van der Waals surface area contributed by atoms with Gasteiger partial charge in [-0.2, -0.15) is 0 Å². The van der Waals surface area contributed by atoms with E-state index < -0.39 is 24.1 Å². The first-order chi connectivity index (χ1) is 10.2. The van der Waals surface area contributed by atoms with Crippen LogP contribution in [0, 0.1) is 0 Å². The minimum atomic E-state index is -4.79. The summed E-state index contributed by atoms with van der Waals surface area (Å²) in [5, 5.41) is 2.53. The first-order valence-corrected chi connectivity index (χ1v) is 5.76. The second kappa shape index (κ2) is 7.34. The van der Waals surface area contributed by atoms with E-state index in [-0.39, 0.29) is 11.4 Å². The normalized spacial score (nSPS) is 11.6.